The maximum absolute atomic E-state index is 12.1. The summed E-state index contributed by atoms with van der Waals surface area (Å²) in [4.78, 5) is 13.5. The van der Waals surface area contributed by atoms with E-state index in [1.807, 2.05) is 0 Å². The van der Waals surface area contributed by atoms with Gasteiger partial charge in [0, 0.05) is 29.4 Å². The van der Waals surface area contributed by atoms with E-state index >= 15 is 0 Å². The Morgan fingerprint density at radius 3 is 2.28 bits per heavy atom. The molecular weight excluding hydrogens is 318 g/mol. The molecule has 4 nitrogen and oxygen atoms in total. The number of sulfone groups is 1. The van der Waals surface area contributed by atoms with Crippen molar-refractivity contribution in [3.8, 4) is 0 Å². The van der Waals surface area contributed by atoms with Gasteiger partial charge in [0.15, 0.2) is 0 Å². The summed E-state index contributed by atoms with van der Waals surface area (Å²) < 4.78 is 23.3. The quantitative estimate of drug-likeness (QED) is 0.846. The van der Waals surface area contributed by atoms with Crippen LogP contribution in [0.5, 0.6) is 0 Å². The minimum Gasteiger partial charge on any atom is -0.338 e. The Hall–Kier alpha value is -0.880. The molecule has 18 heavy (non-hydrogen) atoms. The van der Waals surface area contributed by atoms with E-state index in [0.717, 1.165) is 4.47 Å². The van der Waals surface area contributed by atoms with Crippen LogP contribution < -0.4 is 0 Å². The van der Waals surface area contributed by atoms with Crippen LogP contribution in [0.1, 0.15) is 17.3 Å². The van der Waals surface area contributed by atoms with Crippen molar-refractivity contribution in [3.63, 3.8) is 0 Å². The fourth-order valence-corrected chi connectivity index (χ4v) is 2.91. The summed E-state index contributed by atoms with van der Waals surface area (Å²) in [5, 5.41) is 0. The SMILES string of the molecule is CC(CS(C)(=O)=O)N(C)C(=O)c1ccc(Br)cc1. The standard InChI is InChI=1S/C12H16BrNO3S/c1-9(8-18(3,16)17)14(2)12(15)10-4-6-11(13)7-5-10/h4-7,9H,8H2,1-3H3. The van der Waals surface area contributed by atoms with E-state index in [-0.39, 0.29) is 17.7 Å². The van der Waals surface area contributed by atoms with Crippen molar-refractivity contribution in [1.82, 2.24) is 4.90 Å². The molecule has 0 heterocycles. The summed E-state index contributed by atoms with van der Waals surface area (Å²) >= 11 is 3.30. The summed E-state index contributed by atoms with van der Waals surface area (Å²) in [6, 6.07) is 6.62. The summed E-state index contributed by atoms with van der Waals surface area (Å²) in [6.07, 6.45) is 1.17. The van der Waals surface area contributed by atoms with Gasteiger partial charge >= 0.3 is 0 Å². The molecule has 0 aliphatic rings. The third kappa shape index (κ3) is 4.42. The van der Waals surface area contributed by atoms with Crippen LogP contribution in [0.15, 0.2) is 28.7 Å². The Labute approximate surface area is 116 Å². The molecule has 0 spiro atoms. The Balaban J connectivity index is 2.81. The molecule has 1 atom stereocenters. The second-order valence-corrected chi connectivity index (χ2v) is 7.46. The van der Waals surface area contributed by atoms with Gasteiger partial charge in [-0.25, -0.2) is 8.42 Å². The summed E-state index contributed by atoms with van der Waals surface area (Å²) in [5.74, 6) is -0.218. The predicted octanol–water partition coefficient (Wildman–Crippen LogP) is 1.95. The Kier molecular flexibility index (Phi) is 4.92. The number of halogens is 1. The van der Waals surface area contributed by atoms with Crippen LogP contribution in [0, 0.1) is 0 Å². The molecule has 1 rings (SSSR count). The summed E-state index contributed by atoms with van der Waals surface area (Å²) in [5.41, 5.74) is 0.543. The summed E-state index contributed by atoms with van der Waals surface area (Å²) in [6.45, 7) is 1.72. The fourth-order valence-electron chi connectivity index (χ4n) is 1.55. The highest BCUT2D eigenvalue weighted by atomic mass is 79.9. The second-order valence-electron chi connectivity index (χ2n) is 4.36. The van der Waals surface area contributed by atoms with Gasteiger partial charge < -0.3 is 4.90 Å². The highest BCUT2D eigenvalue weighted by Crippen LogP contribution is 2.13. The number of hydrogen-bond acceptors (Lipinski definition) is 3. The van der Waals surface area contributed by atoms with E-state index in [1.165, 1.54) is 11.2 Å². The largest absolute Gasteiger partial charge is 0.338 e. The van der Waals surface area contributed by atoms with Crippen LogP contribution >= 0.6 is 15.9 Å². The topological polar surface area (TPSA) is 54.5 Å². The molecule has 0 N–H and O–H groups in total. The number of benzene rings is 1. The molecule has 0 saturated carbocycles. The van der Waals surface area contributed by atoms with Gasteiger partial charge in [-0.15, -0.1) is 0 Å². The number of carbonyl (C=O) groups is 1. The molecule has 0 saturated heterocycles. The molecule has 0 bridgehead atoms. The number of hydrogen-bond donors (Lipinski definition) is 0. The maximum Gasteiger partial charge on any atom is 0.253 e. The maximum atomic E-state index is 12.1. The average molecular weight is 334 g/mol. The van der Waals surface area contributed by atoms with Crippen molar-refractivity contribution in [2.24, 2.45) is 0 Å². The van der Waals surface area contributed by atoms with Crippen molar-refractivity contribution >= 4 is 31.7 Å². The van der Waals surface area contributed by atoms with E-state index in [2.05, 4.69) is 15.9 Å². The molecule has 1 unspecified atom stereocenters. The van der Waals surface area contributed by atoms with Crippen LogP contribution in [0.3, 0.4) is 0 Å². The molecule has 1 amide bonds. The van der Waals surface area contributed by atoms with Gasteiger partial charge in [-0.2, -0.15) is 0 Å². The van der Waals surface area contributed by atoms with Crippen molar-refractivity contribution in [2.45, 2.75) is 13.0 Å². The van der Waals surface area contributed by atoms with Gasteiger partial charge in [-0.1, -0.05) is 15.9 Å². The molecule has 6 heteroatoms. The third-order valence-corrected chi connectivity index (χ3v) is 4.23. The molecule has 1 aromatic rings. The Bertz CT molecular complexity index is 525. The molecule has 0 radical (unpaired) electrons. The Morgan fingerprint density at radius 2 is 1.83 bits per heavy atom. The number of carbonyl (C=O) groups excluding carboxylic acids is 1. The van der Waals surface area contributed by atoms with Crippen LogP contribution in [0.2, 0.25) is 0 Å². The van der Waals surface area contributed by atoms with Crippen molar-refractivity contribution < 1.29 is 13.2 Å². The molecule has 0 aliphatic heterocycles. The lowest BCUT2D eigenvalue weighted by Crippen LogP contribution is -2.39. The minimum atomic E-state index is -3.09. The normalized spacial score (nSPS) is 13.1. The van der Waals surface area contributed by atoms with E-state index in [1.54, 1.807) is 38.2 Å². The monoisotopic (exact) mass is 333 g/mol. The van der Waals surface area contributed by atoms with E-state index < -0.39 is 9.84 Å². The molecule has 0 fully saturated rings. The first-order valence-electron chi connectivity index (χ1n) is 5.41. The highest BCUT2D eigenvalue weighted by molar-refractivity contribution is 9.10. The first-order valence-corrected chi connectivity index (χ1v) is 8.26. The average Bonchev–Trinajstić information content (AvgIpc) is 2.26. The van der Waals surface area contributed by atoms with Crippen LogP contribution in [0.4, 0.5) is 0 Å². The van der Waals surface area contributed by atoms with E-state index in [9.17, 15) is 13.2 Å². The second kappa shape index (κ2) is 5.84. The number of rotatable bonds is 4. The van der Waals surface area contributed by atoms with Crippen molar-refractivity contribution in [2.75, 3.05) is 19.1 Å². The van der Waals surface area contributed by atoms with Gasteiger partial charge in [-0.05, 0) is 31.2 Å². The first-order chi connectivity index (χ1) is 8.20. The zero-order valence-corrected chi connectivity index (χ0v) is 13.0. The van der Waals surface area contributed by atoms with Gasteiger partial charge in [0.1, 0.15) is 9.84 Å². The first kappa shape index (κ1) is 15.2. The lowest BCUT2D eigenvalue weighted by atomic mass is 10.2. The van der Waals surface area contributed by atoms with E-state index in [4.69, 9.17) is 0 Å². The van der Waals surface area contributed by atoms with Gasteiger partial charge in [0.25, 0.3) is 5.91 Å². The molecule has 1 aromatic carbocycles. The van der Waals surface area contributed by atoms with Crippen molar-refractivity contribution in [3.05, 3.63) is 34.3 Å². The fraction of sp³-hybridized carbons (Fsp3) is 0.417. The highest BCUT2D eigenvalue weighted by Gasteiger charge is 2.20. The van der Waals surface area contributed by atoms with Gasteiger partial charge in [-0.3, -0.25) is 4.79 Å². The Morgan fingerprint density at radius 1 is 1.33 bits per heavy atom. The predicted molar refractivity (Wildman–Crippen MR) is 75.4 cm³/mol. The van der Waals surface area contributed by atoms with Crippen molar-refractivity contribution in [1.29, 1.82) is 0 Å². The zero-order chi connectivity index (χ0) is 13.9. The van der Waals surface area contributed by atoms with Crippen LogP contribution in [-0.2, 0) is 9.84 Å². The third-order valence-electron chi connectivity index (χ3n) is 2.62. The number of nitrogens with zero attached hydrogens (tertiary/aromatic N) is 1. The lowest BCUT2D eigenvalue weighted by Gasteiger charge is -2.24. The summed E-state index contributed by atoms with van der Waals surface area (Å²) in [7, 11) is -1.48. The smallest absolute Gasteiger partial charge is 0.253 e. The molecular formula is C12H16BrNO3S. The minimum absolute atomic E-state index is 0.0359. The molecule has 0 aromatic heterocycles. The van der Waals surface area contributed by atoms with E-state index in [0.29, 0.717) is 5.56 Å². The van der Waals surface area contributed by atoms with Gasteiger partial charge in [0.2, 0.25) is 0 Å². The van der Waals surface area contributed by atoms with Gasteiger partial charge in [0.05, 0.1) is 5.75 Å². The molecule has 0 aliphatic carbocycles. The molecule has 100 valence electrons. The van der Waals surface area contributed by atoms with Crippen LogP contribution in [0.25, 0.3) is 0 Å². The zero-order valence-electron chi connectivity index (χ0n) is 10.6. The lowest BCUT2D eigenvalue weighted by molar-refractivity contribution is 0.0757. The van der Waals surface area contributed by atoms with Crippen LogP contribution in [-0.4, -0.2) is 44.3 Å². The number of amides is 1.